The molecule has 1 aromatic rings. The van der Waals surface area contributed by atoms with Gasteiger partial charge in [-0.2, -0.15) is 0 Å². The van der Waals surface area contributed by atoms with Gasteiger partial charge in [0, 0.05) is 24.5 Å². The first-order valence-electron chi connectivity index (χ1n) is 7.29. The van der Waals surface area contributed by atoms with Crippen molar-refractivity contribution >= 4 is 5.91 Å². The molecule has 2 atom stereocenters. The molecule has 1 amide bonds. The standard InChI is InChI=1S/C15H25N3O/c1-4-11(2)17-15(19)10-18-8-12-6-5-7-14(16-3)13(12)9-18/h8-9,11,14,16H,4-7,10H2,1-3H3,(H,17,19). The van der Waals surface area contributed by atoms with Gasteiger partial charge in [0.1, 0.15) is 6.54 Å². The minimum absolute atomic E-state index is 0.0997. The number of fused-ring (bicyclic) bond motifs is 1. The fourth-order valence-electron chi connectivity index (χ4n) is 2.73. The molecular weight excluding hydrogens is 238 g/mol. The second kappa shape index (κ2) is 6.24. The summed E-state index contributed by atoms with van der Waals surface area (Å²) in [5, 5.41) is 6.36. The minimum atomic E-state index is 0.0997. The van der Waals surface area contributed by atoms with Crippen LogP contribution in [0.5, 0.6) is 0 Å². The lowest BCUT2D eigenvalue weighted by molar-refractivity contribution is -0.122. The highest BCUT2D eigenvalue weighted by atomic mass is 16.2. The average Bonchev–Trinajstić information content (AvgIpc) is 2.80. The monoisotopic (exact) mass is 263 g/mol. The van der Waals surface area contributed by atoms with Crippen molar-refractivity contribution in [1.29, 1.82) is 0 Å². The maximum absolute atomic E-state index is 11.9. The van der Waals surface area contributed by atoms with Crippen LogP contribution >= 0.6 is 0 Å². The number of carbonyl (C=O) groups excluding carboxylic acids is 1. The summed E-state index contributed by atoms with van der Waals surface area (Å²) in [6.45, 7) is 4.54. The van der Waals surface area contributed by atoms with Crippen LogP contribution in [0.1, 0.15) is 50.3 Å². The van der Waals surface area contributed by atoms with Crippen molar-refractivity contribution in [2.24, 2.45) is 0 Å². The zero-order chi connectivity index (χ0) is 13.8. The van der Waals surface area contributed by atoms with Crippen LogP contribution in [0.4, 0.5) is 0 Å². The maximum Gasteiger partial charge on any atom is 0.240 e. The van der Waals surface area contributed by atoms with Gasteiger partial charge in [0.05, 0.1) is 0 Å². The third-order valence-electron chi connectivity index (χ3n) is 4.01. The second-order valence-electron chi connectivity index (χ2n) is 5.52. The Bertz CT molecular complexity index is 439. The van der Waals surface area contributed by atoms with E-state index in [0.717, 1.165) is 12.8 Å². The molecule has 0 radical (unpaired) electrons. The molecule has 0 saturated carbocycles. The number of carbonyl (C=O) groups is 1. The van der Waals surface area contributed by atoms with E-state index in [1.165, 1.54) is 24.0 Å². The van der Waals surface area contributed by atoms with Gasteiger partial charge in [-0.05, 0) is 50.8 Å². The fourth-order valence-corrected chi connectivity index (χ4v) is 2.73. The van der Waals surface area contributed by atoms with Gasteiger partial charge in [-0.15, -0.1) is 0 Å². The molecule has 4 heteroatoms. The Hall–Kier alpha value is -1.29. The Morgan fingerprint density at radius 3 is 3.00 bits per heavy atom. The molecule has 0 saturated heterocycles. The summed E-state index contributed by atoms with van der Waals surface area (Å²) in [5.74, 6) is 0.0997. The Labute approximate surface area is 115 Å². The molecule has 0 aliphatic heterocycles. The Morgan fingerprint density at radius 1 is 1.53 bits per heavy atom. The maximum atomic E-state index is 11.9. The molecule has 106 valence electrons. The highest BCUT2D eigenvalue weighted by Gasteiger charge is 2.21. The molecule has 1 aromatic heterocycles. The minimum Gasteiger partial charge on any atom is -0.352 e. The van der Waals surface area contributed by atoms with E-state index < -0.39 is 0 Å². The summed E-state index contributed by atoms with van der Waals surface area (Å²) in [5.41, 5.74) is 2.76. The van der Waals surface area contributed by atoms with Gasteiger partial charge in [-0.3, -0.25) is 4.79 Å². The molecule has 4 nitrogen and oxygen atoms in total. The van der Waals surface area contributed by atoms with Crippen LogP contribution in [0.2, 0.25) is 0 Å². The van der Waals surface area contributed by atoms with Gasteiger partial charge < -0.3 is 15.2 Å². The number of nitrogens with zero attached hydrogens (tertiary/aromatic N) is 1. The van der Waals surface area contributed by atoms with Gasteiger partial charge in [0.25, 0.3) is 0 Å². The average molecular weight is 263 g/mol. The molecule has 1 heterocycles. The van der Waals surface area contributed by atoms with E-state index in [9.17, 15) is 4.79 Å². The number of hydrogen-bond acceptors (Lipinski definition) is 2. The first-order valence-corrected chi connectivity index (χ1v) is 7.29. The Morgan fingerprint density at radius 2 is 2.32 bits per heavy atom. The molecule has 1 aliphatic rings. The van der Waals surface area contributed by atoms with Gasteiger partial charge in [0.15, 0.2) is 0 Å². The van der Waals surface area contributed by atoms with Crippen molar-refractivity contribution in [3.05, 3.63) is 23.5 Å². The van der Waals surface area contributed by atoms with Crippen LogP contribution in [0.25, 0.3) is 0 Å². The molecule has 1 aliphatic carbocycles. The molecular formula is C15H25N3O. The second-order valence-corrected chi connectivity index (χ2v) is 5.52. The first-order chi connectivity index (χ1) is 9.13. The molecule has 2 unspecified atom stereocenters. The van der Waals surface area contributed by atoms with Gasteiger partial charge in [0.2, 0.25) is 5.91 Å². The number of aryl methyl sites for hydroxylation is 1. The van der Waals surface area contributed by atoms with Crippen molar-refractivity contribution in [2.75, 3.05) is 7.05 Å². The number of aromatic nitrogens is 1. The third-order valence-corrected chi connectivity index (χ3v) is 4.01. The van der Waals surface area contributed by atoms with Crippen LogP contribution in [0, 0.1) is 0 Å². The third kappa shape index (κ3) is 3.38. The van der Waals surface area contributed by atoms with Crippen molar-refractivity contribution in [3.63, 3.8) is 0 Å². The van der Waals surface area contributed by atoms with Gasteiger partial charge in [-0.25, -0.2) is 0 Å². The Kier molecular flexibility index (Phi) is 4.64. The molecule has 0 spiro atoms. The zero-order valence-corrected chi connectivity index (χ0v) is 12.2. The van der Waals surface area contributed by atoms with E-state index in [2.05, 4.69) is 30.0 Å². The summed E-state index contributed by atoms with van der Waals surface area (Å²) in [4.78, 5) is 11.9. The number of amides is 1. The number of rotatable bonds is 5. The molecule has 19 heavy (non-hydrogen) atoms. The smallest absolute Gasteiger partial charge is 0.240 e. The van der Waals surface area contributed by atoms with Crippen LogP contribution < -0.4 is 10.6 Å². The van der Waals surface area contributed by atoms with Crippen molar-refractivity contribution in [2.45, 2.75) is 58.2 Å². The lowest BCUT2D eigenvalue weighted by Gasteiger charge is -2.21. The first kappa shape index (κ1) is 14.1. The molecule has 2 rings (SSSR count). The van der Waals surface area contributed by atoms with E-state index in [1.807, 2.05) is 18.5 Å². The van der Waals surface area contributed by atoms with Gasteiger partial charge in [-0.1, -0.05) is 6.92 Å². The lowest BCUT2D eigenvalue weighted by atomic mass is 9.91. The van der Waals surface area contributed by atoms with E-state index in [0.29, 0.717) is 12.6 Å². The molecule has 0 bridgehead atoms. The van der Waals surface area contributed by atoms with Crippen molar-refractivity contribution < 1.29 is 4.79 Å². The summed E-state index contributed by atoms with van der Waals surface area (Å²) >= 11 is 0. The van der Waals surface area contributed by atoms with Crippen molar-refractivity contribution in [3.8, 4) is 0 Å². The summed E-state index contributed by atoms with van der Waals surface area (Å²) in [6, 6.07) is 0.699. The van der Waals surface area contributed by atoms with Crippen LogP contribution in [0.15, 0.2) is 12.4 Å². The topological polar surface area (TPSA) is 46.1 Å². The summed E-state index contributed by atoms with van der Waals surface area (Å²) < 4.78 is 2.03. The van der Waals surface area contributed by atoms with E-state index in [-0.39, 0.29) is 11.9 Å². The van der Waals surface area contributed by atoms with Gasteiger partial charge >= 0.3 is 0 Å². The molecule has 2 N–H and O–H groups in total. The lowest BCUT2D eigenvalue weighted by Crippen LogP contribution is -2.34. The van der Waals surface area contributed by atoms with E-state index in [1.54, 1.807) is 0 Å². The largest absolute Gasteiger partial charge is 0.352 e. The van der Waals surface area contributed by atoms with Crippen molar-refractivity contribution in [1.82, 2.24) is 15.2 Å². The van der Waals surface area contributed by atoms with Crippen LogP contribution in [0.3, 0.4) is 0 Å². The van der Waals surface area contributed by atoms with Crippen LogP contribution in [-0.2, 0) is 17.8 Å². The number of hydrogen-bond donors (Lipinski definition) is 2. The highest BCUT2D eigenvalue weighted by molar-refractivity contribution is 5.76. The summed E-state index contributed by atoms with van der Waals surface area (Å²) in [6.07, 6.45) is 8.78. The highest BCUT2D eigenvalue weighted by Crippen LogP contribution is 2.29. The fraction of sp³-hybridized carbons (Fsp3) is 0.667. The predicted octanol–water partition coefficient (Wildman–Crippen LogP) is 2.00. The normalized spacial score (nSPS) is 19.8. The van der Waals surface area contributed by atoms with Crippen LogP contribution in [-0.4, -0.2) is 23.6 Å². The zero-order valence-electron chi connectivity index (χ0n) is 12.2. The summed E-state index contributed by atoms with van der Waals surface area (Å²) in [7, 11) is 2.01. The number of nitrogens with one attached hydrogen (secondary N) is 2. The molecule has 0 aromatic carbocycles. The van der Waals surface area contributed by atoms with E-state index >= 15 is 0 Å². The quantitative estimate of drug-likeness (QED) is 0.853. The molecule has 0 fully saturated rings. The predicted molar refractivity (Wildman–Crippen MR) is 77.1 cm³/mol. The van der Waals surface area contributed by atoms with E-state index in [4.69, 9.17) is 0 Å². The SMILES string of the molecule is CCC(C)NC(=O)Cn1cc2c(c1)C(NC)CCC2. The Balaban J connectivity index is 2.02.